The summed E-state index contributed by atoms with van der Waals surface area (Å²) >= 11 is 0. The Labute approximate surface area is 214 Å². The molecule has 10 heteroatoms. The fraction of sp³-hybridized carbons (Fsp3) is 0.846. The van der Waals surface area contributed by atoms with Gasteiger partial charge in [-0.3, -0.25) is 19.2 Å². The summed E-state index contributed by atoms with van der Waals surface area (Å²) in [5.74, 6) is -1.99. The highest BCUT2D eigenvalue weighted by Crippen LogP contribution is 2.26. The standard InChI is InChI=1S/C26H46N2O8/c1-7-8-12-20(31)28-21(15(2)3)19(30)14-18(17(5)29)11-9-10-13-27-25(34)24-22(32)16(4)23(33)26(35-6)36-24/h15-16,18,21-24,26,32-33H,7-14H2,1-6H3,(H,27,34)(H,28,31)/t16-,18+,21-,22-,23+,24-,26+/m0/s1. The predicted octanol–water partition coefficient (Wildman–Crippen LogP) is 1.50. The molecule has 0 bridgehead atoms. The molecule has 1 aliphatic heterocycles. The van der Waals surface area contributed by atoms with Crippen molar-refractivity contribution < 1.29 is 38.9 Å². The number of ketones is 2. The normalized spacial score (nSPS) is 25.8. The van der Waals surface area contributed by atoms with Gasteiger partial charge in [-0.15, -0.1) is 0 Å². The number of hydrogen-bond donors (Lipinski definition) is 4. The third kappa shape index (κ3) is 9.88. The summed E-state index contributed by atoms with van der Waals surface area (Å²) in [5, 5.41) is 25.9. The van der Waals surface area contributed by atoms with Crippen molar-refractivity contribution in [2.45, 2.75) is 110 Å². The highest BCUT2D eigenvalue weighted by atomic mass is 16.7. The van der Waals surface area contributed by atoms with Gasteiger partial charge in [-0.05, 0) is 32.1 Å². The zero-order valence-corrected chi connectivity index (χ0v) is 22.6. The molecule has 0 aromatic rings. The minimum atomic E-state index is -1.17. The molecule has 0 spiro atoms. The molecule has 7 atom stereocenters. The third-order valence-electron chi connectivity index (χ3n) is 6.83. The Bertz CT molecular complexity index is 727. The van der Waals surface area contributed by atoms with Crippen molar-refractivity contribution in [1.29, 1.82) is 0 Å². The Morgan fingerprint density at radius 2 is 1.72 bits per heavy atom. The molecule has 1 fully saturated rings. The van der Waals surface area contributed by atoms with Gasteiger partial charge in [-0.25, -0.2) is 0 Å². The summed E-state index contributed by atoms with van der Waals surface area (Å²) in [7, 11) is 1.35. The average molecular weight is 515 g/mol. The number of methoxy groups -OCH3 is 1. The highest BCUT2D eigenvalue weighted by molar-refractivity contribution is 5.92. The monoisotopic (exact) mass is 514 g/mol. The summed E-state index contributed by atoms with van der Waals surface area (Å²) < 4.78 is 10.5. The van der Waals surface area contributed by atoms with Crippen LogP contribution >= 0.6 is 0 Å². The van der Waals surface area contributed by atoms with Crippen molar-refractivity contribution in [3.05, 3.63) is 0 Å². The maximum Gasteiger partial charge on any atom is 0.251 e. The number of carbonyl (C=O) groups is 4. The number of nitrogens with one attached hydrogen (secondary N) is 2. The van der Waals surface area contributed by atoms with Gasteiger partial charge in [0.25, 0.3) is 5.91 Å². The van der Waals surface area contributed by atoms with E-state index in [1.807, 2.05) is 20.8 Å². The molecule has 0 aromatic carbocycles. The van der Waals surface area contributed by atoms with Crippen LogP contribution in [-0.4, -0.2) is 77.9 Å². The molecule has 10 nitrogen and oxygen atoms in total. The van der Waals surface area contributed by atoms with E-state index in [-0.39, 0.29) is 29.8 Å². The lowest BCUT2D eigenvalue weighted by molar-refractivity contribution is -0.269. The first kappa shape index (κ1) is 32.1. The fourth-order valence-electron chi connectivity index (χ4n) is 4.29. The van der Waals surface area contributed by atoms with Gasteiger partial charge in [0.05, 0.1) is 12.1 Å². The summed E-state index contributed by atoms with van der Waals surface area (Å²) in [5.41, 5.74) is 0. The summed E-state index contributed by atoms with van der Waals surface area (Å²) in [6, 6.07) is -0.616. The largest absolute Gasteiger partial charge is 0.389 e. The van der Waals surface area contributed by atoms with Crippen LogP contribution in [0.15, 0.2) is 0 Å². The van der Waals surface area contributed by atoms with Crippen LogP contribution in [0.3, 0.4) is 0 Å². The van der Waals surface area contributed by atoms with E-state index in [9.17, 15) is 29.4 Å². The number of rotatable bonds is 16. The molecule has 0 saturated carbocycles. The average Bonchev–Trinajstić information content (AvgIpc) is 2.83. The van der Waals surface area contributed by atoms with E-state index in [0.717, 1.165) is 12.8 Å². The lowest BCUT2D eigenvalue weighted by atomic mass is 9.87. The summed E-state index contributed by atoms with van der Waals surface area (Å²) in [4.78, 5) is 49.7. The number of amides is 2. The van der Waals surface area contributed by atoms with Crippen LogP contribution < -0.4 is 10.6 Å². The molecule has 1 aliphatic rings. The van der Waals surface area contributed by atoms with Crippen LogP contribution in [0.25, 0.3) is 0 Å². The van der Waals surface area contributed by atoms with Crippen LogP contribution in [0.4, 0.5) is 0 Å². The number of hydrogen-bond acceptors (Lipinski definition) is 8. The summed E-state index contributed by atoms with van der Waals surface area (Å²) in [6.07, 6.45) is -0.601. The molecule has 1 heterocycles. The fourth-order valence-corrected chi connectivity index (χ4v) is 4.29. The van der Waals surface area contributed by atoms with Crippen molar-refractivity contribution in [2.24, 2.45) is 17.8 Å². The molecule has 1 rings (SSSR count). The number of unbranched alkanes of at least 4 members (excludes halogenated alkanes) is 2. The minimum Gasteiger partial charge on any atom is -0.389 e. The second kappa shape index (κ2) is 16.1. The Morgan fingerprint density at radius 1 is 1.06 bits per heavy atom. The van der Waals surface area contributed by atoms with Crippen molar-refractivity contribution in [2.75, 3.05) is 13.7 Å². The second-order valence-corrected chi connectivity index (χ2v) is 10.2. The maximum atomic E-state index is 12.9. The van der Waals surface area contributed by atoms with E-state index in [2.05, 4.69) is 10.6 Å². The van der Waals surface area contributed by atoms with Crippen molar-refractivity contribution in [3.8, 4) is 0 Å². The van der Waals surface area contributed by atoms with Crippen LogP contribution in [-0.2, 0) is 28.7 Å². The van der Waals surface area contributed by atoms with Gasteiger partial charge >= 0.3 is 0 Å². The van der Waals surface area contributed by atoms with Crippen LogP contribution in [0.1, 0.15) is 79.6 Å². The smallest absolute Gasteiger partial charge is 0.251 e. The third-order valence-corrected chi connectivity index (χ3v) is 6.83. The Balaban J connectivity index is 2.52. The van der Waals surface area contributed by atoms with E-state index in [0.29, 0.717) is 32.2 Å². The Morgan fingerprint density at radius 3 is 2.28 bits per heavy atom. The van der Waals surface area contributed by atoms with Gasteiger partial charge in [-0.1, -0.05) is 40.5 Å². The molecule has 0 radical (unpaired) electrons. The first-order chi connectivity index (χ1) is 16.9. The van der Waals surface area contributed by atoms with Gasteiger partial charge in [0.1, 0.15) is 11.9 Å². The number of ether oxygens (including phenoxy) is 2. The van der Waals surface area contributed by atoms with E-state index < -0.39 is 48.4 Å². The lowest BCUT2D eigenvalue weighted by Gasteiger charge is -2.39. The SMILES string of the molecule is CCCCC(=O)N[C@H](C(=O)C[C@@H](CCCCNC(=O)[C@H]1O[C@@H](OC)[C@H](O)[C@@H](C)[C@@H]1O)C(C)=O)C(C)C. The first-order valence-electron chi connectivity index (χ1n) is 13.1. The topological polar surface area (TPSA) is 151 Å². The van der Waals surface area contributed by atoms with Gasteiger partial charge in [0, 0.05) is 38.3 Å². The van der Waals surface area contributed by atoms with Crippen molar-refractivity contribution in [3.63, 3.8) is 0 Å². The summed E-state index contributed by atoms with van der Waals surface area (Å²) in [6.45, 7) is 9.13. The van der Waals surface area contributed by atoms with Gasteiger partial charge in [0.2, 0.25) is 5.91 Å². The Kier molecular flexibility index (Phi) is 14.3. The van der Waals surface area contributed by atoms with Crippen molar-refractivity contribution >= 4 is 23.4 Å². The zero-order valence-electron chi connectivity index (χ0n) is 22.6. The van der Waals surface area contributed by atoms with Gasteiger partial charge < -0.3 is 30.3 Å². The van der Waals surface area contributed by atoms with Gasteiger partial charge in [0.15, 0.2) is 18.2 Å². The number of aliphatic hydroxyl groups is 2. The lowest BCUT2D eigenvalue weighted by Crippen LogP contribution is -2.58. The van der Waals surface area contributed by atoms with E-state index in [1.165, 1.54) is 14.0 Å². The number of carbonyl (C=O) groups excluding carboxylic acids is 4. The Hall–Kier alpha value is -1.88. The van der Waals surface area contributed by atoms with Crippen molar-refractivity contribution in [1.82, 2.24) is 10.6 Å². The van der Waals surface area contributed by atoms with E-state index >= 15 is 0 Å². The molecular weight excluding hydrogens is 468 g/mol. The highest BCUT2D eigenvalue weighted by Gasteiger charge is 2.45. The molecule has 4 N–H and O–H groups in total. The van der Waals surface area contributed by atoms with Crippen LogP contribution in [0.2, 0.25) is 0 Å². The minimum absolute atomic E-state index is 0.0688. The number of Topliss-reactive ketones (excluding diaryl/α,β-unsaturated/α-hetero) is 2. The zero-order chi connectivity index (χ0) is 27.4. The van der Waals surface area contributed by atoms with E-state index in [1.54, 1.807) is 6.92 Å². The second-order valence-electron chi connectivity index (χ2n) is 10.2. The van der Waals surface area contributed by atoms with E-state index in [4.69, 9.17) is 9.47 Å². The molecule has 2 amide bonds. The predicted molar refractivity (Wildman–Crippen MR) is 134 cm³/mol. The molecule has 208 valence electrons. The molecule has 1 saturated heterocycles. The van der Waals surface area contributed by atoms with Crippen LogP contribution in [0.5, 0.6) is 0 Å². The number of aliphatic hydroxyl groups excluding tert-OH is 2. The molecule has 0 aliphatic carbocycles. The first-order valence-corrected chi connectivity index (χ1v) is 13.1. The molecule has 0 unspecified atom stereocenters. The quantitative estimate of drug-likeness (QED) is 0.226. The molecular formula is C26H46N2O8. The molecule has 36 heavy (non-hydrogen) atoms. The van der Waals surface area contributed by atoms with Gasteiger partial charge in [-0.2, -0.15) is 0 Å². The maximum absolute atomic E-state index is 12.9. The van der Waals surface area contributed by atoms with Crippen LogP contribution in [0, 0.1) is 17.8 Å². The molecule has 0 aromatic heterocycles.